The van der Waals surface area contributed by atoms with Gasteiger partial charge in [-0.25, -0.2) is 0 Å². The summed E-state index contributed by atoms with van der Waals surface area (Å²) in [5.74, 6) is -0.0657. The Bertz CT molecular complexity index is 955. The fourth-order valence-electron chi connectivity index (χ4n) is 9.11. The van der Waals surface area contributed by atoms with Crippen LogP contribution in [0.4, 0.5) is 0 Å². The number of rotatable bonds is 54. The fourth-order valence-corrected chi connectivity index (χ4v) is 9.11. The summed E-state index contributed by atoms with van der Waals surface area (Å²) >= 11 is 0. The predicted molar refractivity (Wildman–Crippen MR) is 278 cm³/mol. The molecule has 0 aromatic rings. The number of unbranched alkanes of at least 4 members (excludes halogenated alkanes) is 41. The van der Waals surface area contributed by atoms with Gasteiger partial charge in [-0.2, -0.15) is 0 Å². The summed E-state index contributed by atoms with van der Waals surface area (Å²) in [6, 6.07) is -0.554. The van der Waals surface area contributed by atoms with Crippen molar-refractivity contribution >= 4 is 11.9 Å². The standard InChI is InChI=1S/C58H113NO5/c1-3-5-7-9-11-13-15-17-18-19-20-21-22-23-24-25-26-27-30-34-38-42-46-50-56(61)55(54-60)59-57(62)51-47-43-39-35-31-28-29-33-37-41-45-49-53-64-58(63)52-48-44-40-36-32-16-14-12-10-8-6-4-2/h12,14,55-56,60-61H,3-11,13,15-54H2,1-2H3,(H,59,62)/b14-12-. The first-order valence-electron chi connectivity index (χ1n) is 28.9. The molecule has 6 nitrogen and oxygen atoms in total. The monoisotopic (exact) mass is 904 g/mol. The molecule has 64 heavy (non-hydrogen) atoms. The van der Waals surface area contributed by atoms with Gasteiger partial charge < -0.3 is 20.3 Å². The van der Waals surface area contributed by atoms with E-state index in [0.29, 0.717) is 25.9 Å². The summed E-state index contributed by atoms with van der Waals surface area (Å²) in [6.45, 7) is 4.91. The van der Waals surface area contributed by atoms with Crippen LogP contribution in [0.5, 0.6) is 0 Å². The van der Waals surface area contributed by atoms with Crippen molar-refractivity contribution in [1.82, 2.24) is 5.32 Å². The second-order valence-corrected chi connectivity index (χ2v) is 20.0. The van der Waals surface area contributed by atoms with Gasteiger partial charge in [0.15, 0.2) is 0 Å². The minimum atomic E-state index is -0.675. The molecule has 3 N–H and O–H groups in total. The van der Waals surface area contributed by atoms with Gasteiger partial charge >= 0.3 is 5.97 Å². The van der Waals surface area contributed by atoms with Crippen LogP contribution in [0.15, 0.2) is 12.2 Å². The molecule has 0 spiro atoms. The fraction of sp³-hybridized carbons (Fsp3) is 0.931. The summed E-state index contributed by atoms with van der Waals surface area (Å²) in [5.41, 5.74) is 0. The van der Waals surface area contributed by atoms with E-state index in [0.717, 1.165) is 57.8 Å². The van der Waals surface area contributed by atoms with Crippen LogP contribution in [0, 0.1) is 0 Å². The molecule has 0 bridgehead atoms. The summed E-state index contributed by atoms with van der Waals surface area (Å²) in [7, 11) is 0. The maximum Gasteiger partial charge on any atom is 0.305 e. The highest BCUT2D eigenvalue weighted by atomic mass is 16.5. The molecule has 0 saturated carbocycles. The number of esters is 1. The van der Waals surface area contributed by atoms with E-state index in [1.807, 2.05) is 0 Å². The molecule has 2 unspecified atom stereocenters. The van der Waals surface area contributed by atoms with Crippen molar-refractivity contribution in [3.05, 3.63) is 12.2 Å². The zero-order chi connectivity index (χ0) is 46.5. The van der Waals surface area contributed by atoms with Gasteiger partial charge in [-0.1, -0.05) is 270 Å². The second-order valence-electron chi connectivity index (χ2n) is 20.0. The van der Waals surface area contributed by atoms with Gasteiger partial charge in [0, 0.05) is 12.8 Å². The lowest BCUT2D eigenvalue weighted by atomic mass is 10.0. The van der Waals surface area contributed by atoms with E-state index in [2.05, 4.69) is 31.3 Å². The van der Waals surface area contributed by atoms with Gasteiger partial charge in [0.2, 0.25) is 5.91 Å². The van der Waals surface area contributed by atoms with Crippen molar-refractivity contribution in [3.63, 3.8) is 0 Å². The number of ether oxygens (including phenoxy) is 1. The van der Waals surface area contributed by atoms with Gasteiger partial charge in [0.25, 0.3) is 0 Å². The quantitative estimate of drug-likeness (QED) is 0.0321. The first-order valence-corrected chi connectivity index (χ1v) is 28.9. The molecule has 380 valence electrons. The number of nitrogens with one attached hydrogen (secondary N) is 1. The first-order chi connectivity index (χ1) is 31.5. The van der Waals surface area contributed by atoms with E-state index in [4.69, 9.17) is 4.74 Å². The normalized spacial score (nSPS) is 12.6. The Morgan fingerprint density at radius 2 is 0.734 bits per heavy atom. The van der Waals surface area contributed by atoms with Gasteiger partial charge in [-0.3, -0.25) is 9.59 Å². The number of hydrogen-bond acceptors (Lipinski definition) is 5. The molecule has 6 heteroatoms. The number of allylic oxidation sites excluding steroid dienone is 2. The molecule has 0 fully saturated rings. The highest BCUT2D eigenvalue weighted by Crippen LogP contribution is 2.18. The molecule has 0 heterocycles. The zero-order valence-corrected chi connectivity index (χ0v) is 43.3. The Kier molecular flexibility index (Phi) is 53.0. The van der Waals surface area contributed by atoms with Crippen molar-refractivity contribution in [2.75, 3.05) is 13.2 Å². The van der Waals surface area contributed by atoms with E-state index in [-0.39, 0.29) is 18.5 Å². The summed E-state index contributed by atoms with van der Waals surface area (Å²) in [4.78, 5) is 24.5. The van der Waals surface area contributed by atoms with E-state index < -0.39 is 12.1 Å². The van der Waals surface area contributed by atoms with Gasteiger partial charge in [0.1, 0.15) is 0 Å². The van der Waals surface area contributed by atoms with Crippen LogP contribution in [0.3, 0.4) is 0 Å². The van der Waals surface area contributed by atoms with Crippen molar-refractivity contribution < 1.29 is 24.5 Å². The first kappa shape index (κ1) is 62.6. The summed E-state index contributed by atoms with van der Waals surface area (Å²) in [6.07, 6.45) is 63.4. The van der Waals surface area contributed by atoms with E-state index in [1.165, 1.54) is 231 Å². The average Bonchev–Trinajstić information content (AvgIpc) is 3.29. The van der Waals surface area contributed by atoms with Crippen LogP contribution >= 0.6 is 0 Å². The highest BCUT2D eigenvalue weighted by molar-refractivity contribution is 5.76. The van der Waals surface area contributed by atoms with Crippen molar-refractivity contribution in [1.29, 1.82) is 0 Å². The lowest BCUT2D eigenvalue weighted by molar-refractivity contribution is -0.143. The summed E-state index contributed by atoms with van der Waals surface area (Å²) < 4.78 is 5.45. The van der Waals surface area contributed by atoms with E-state index >= 15 is 0 Å². The Morgan fingerprint density at radius 3 is 1.14 bits per heavy atom. The molecule has 2 atom stereocenters. The highest BCUT2D eigenvalue weighted by Gasteiger charge is 2.20. The van der Waals surface area contributed by atoms with Crippen LogP contribution in [0.25, 0.3) is 0 Å². The van der Waals surface area contributed by atoms with Gasteiger partial charge in [0.05, 0.1) is 25.4 Å². The predicted octanol–water partition coefficient (Wildman–Crippen LogP) is 17.7. The third kappa shape index (κ3) is 50.0. The van der Waals surface area contributed by atoms with Crippen LogP contribution in [-0.4, -0.2) is 47.4 Å². The molecule has 0 aliphatic heterocycles. The van der Waals surface area contributed by atoms with Crippen LogP contribution in [0.1, 0.15) is 322 Å². The van der Waals surface area contributed by atoms with Crippen molar-refractivity contribution in [2.24, 2.45) is 0 Å². The molecule has 0 rings (SSSR count). The smallest absolute Gasteiger partial charge is 0.305 e. The third-order valence-electron chi connectivity index (χ3n) is 13.6. The van der Waals surface area contributed by atoms with Crippen molar-refractivity contribution in [2.45, 2.75) is 334 Å². The molecule has 0 aromatic heterocycles. The number of aliphatic hydroxyl groups excluding tert-OH is 2. The molecule has 0 aromatic carbocycles. The van der Waals surface area contributed by atoms with E-state index in [9.17, 15) is 19.8 Å². The molecule has 1 amide bonds. The molecule has 0 saturated heterocycles. The molecule has 0 radical (unpaired) electrons. The minimum absolute atomic E-state index is 0.0182. The number of amides is 1. The Balaban J connectivity index is 3.45. The Morgan fingerprint density at radius 1 is 0.422 bits per heavy atom. The van der Waals surface area contributed by atoms with Crippen molar-refractivity contribution in [3.8, 4) is 0 Å². The third-order valence-corrected chi connectivity index (χ3v) is 13.6. The number of aliphatic hydroxyl groups is 2. The SMILES string of the molecule is CCCCC/C=C\CCCCCCCC(=O)OCCCCCCCCCCCCCCC(=O)NC(CO)C(O)CCCCCCCCCCCCCCCCCCCCCCCCC. The molecular weight excluding hydrogens is 791 g/mol. The summed E-state index contributed by atoms with van der Waals surface area (Å²) in [5, 5.41) is 23.3. The van der Waals surface area contributed by atoms with Crippen LogP contribution < -0.4 is 5.32 Å². The number of carbonyl (C=O) groups is 2. The average molecular weight is 905 g/mol. The number of carbonyl (C=O) groups excluding carboxylic acids is 2. The lowest BCUT2D eigenvalue weighted by Gasteiger charge is -2.22. The lowest BCUT2D eigenvalue weighted by Crippen LogP contribution is -2.45. The van der Waals surface area contributed by atoms with Gasteiger partial charge in [-0.15, -0.1) is 0 Å². The van der Waals surface area contributed by atoms with Crippen LogP contribution in [0.2, 0.25) is 0 Å². The zero-order valence-electron chi connectivity index (χ0n) is 43.3. The van der Waals surface area contributed by atoms with Gasteiger partial charge in [-0.05, 0) is 51.4 Å². The molecular formula is C58H113NO5. The largest absolute Gasteiger partial charge is 0.466 e. The minimum Gasteiger partial charge on any atom is -0.466 e. The van der Waals surface area contributed by atoms with E-state index in [1.54, 1.807) is 0 Å². The maximum atomic E-state index is 12.5. The molecule has 0 aliphatic carbocycles. The maximum absolute atomic E-state index is 12.5. The second kappa shape index (κ2) is 54.2. The Hall–Kier alpha value is -1.40. The topological polar surface area (TPSA) is 95.9 Å². The molecule has 0 aliphatic rings. The van der Waals surface area contributed by atoms with Crippen LogP contribution in [-0.2, 0) is 14.3 Å². The number of hydrogen-bond donors (Lipinski definition) is 3. The Labute approximate surface area is 399 Å².